The van der Waals surface area contributed by atoms with Crippen LogP contribution in [-0.4, -0.2) is 43.8 Å². The first-order valence-corrected chi connectivity index (χ1v) is 23.6. The molecule has 2 aliphatic rings. The van der Waals surface area contributed by atoms with Crippen LogP contribution < -0.4 is 74.5 Å². The van der Waals surface area contributed by atoms with Gasteiger partial charge in [0.05, 0.1) is 22.8 Å². The van der Waals surface area contributed by atoms with Crippen LogP contribution in [0, 0.1) is 41.0 Å². The summed E-state index contributed by atoms with van der Waals surface area (Å²) in [4.78, 5) is 18.3. The Morgan fingerprint density at radius 2 is 0.420 bits per heavy atom. The largest absolute Gasteiger partial charge is 4.00 e. The molecule has 354 valence electrons. The molecule has 25 heteroatoms. The minimum absolute atomic E-state index is 0. The monoisotopic (exact) mass is 1130 g/mol. The van der Waals surface area contributed by atoms with Gasteiger partial charge in [-0.2, -0.15) is 0 Å². The van der Waals surface area contributed by atoms with E-state index in [-0.39, 0.29) is 23.9 Å². The molecule has 2 aliphatic heterocycles. The average molecular weight is 1130 g/mol. The molecule has 0 spiro atoms. The number of nitrogens with one attached hydrogen (secondary N) is 2. The van der Waals surface area contributed by atoms with Gasteiger partial charge in [0.25, 0.3) is 0 Å². The van der Waals surface area contributed by atoms with E-state index in [0.29, 0.717) is 0 Å². The third kappa shape index (κ3) is 18.9. The molecule has 2 N–H and O–H groups in total. The van der Waals surface area contributed by atoms with Crippen molar-refractivity contribution in [1.82, 2.24) is 19.9 Å². The molecule has 0 atom stereocenters. The van der Waals surface area contributed by atoms with E-state index in [9.17, 15) is 0 Å². The van der Waals surface area contributed by atoms with Crippen LogP contribution in [-0.2, 0) is 0 Å². The molecular formula is C44H30Cl4N4O16Sn. The molecule has 69 heavy (non-hydrogen) atoms. The summed E-state index contributed by atoms with van der Waals surface area (Å²) in [6.45, 7) is 0. The zero-order valence-electron chi connectivity index (χ0n) is 34.6. The number of halogens is 4. The van der Waals surface area contributed by atoms with Gasteiger partial charge in [0.15, 0.2) is 0 Å². The molecule has 20 nitrogen and oxygen atoms in total. The number of aromatic amines is 2. The smallest absolute Gasteiger partial charge is 0.354 e. The van der Waals surface area contributed by atoms with E-state index in [0.717, 1.165) is 89.4 Å². The Morgan fingerprint density at radius 3 is 0.580 bits per heavy atom. The van der Waals surface area contributed by atoms with Gasteiger partial charge in [-0.3, -0.25) is 0 Å². The normalized spacial score (nSPS) is 11.8. The number of hydrogen-bond acceptors (Lipinski definition) is 18. The van der Waals surface area contributed by atoms with Crippen molar-refractivity contribution in [2.24, 2.45) is 0 Å². The Balaban J connectivity index is 0.000000420. The predicted octanol–water partition coefficient (Wildman–Crippen LogP) is -8.08. The maximum atomic E-state index is 8.49. The van der Waals surface area contributed by atoms with Crippen molar-refractivity contribution in [2.75, 3.05) is 0 Å². The van der Waals surface area contributed by atoms with E-state index in [2.05, 4.69) is 156 Å². The maximum absolute atomic E-state index is 8.49. The molecule has 0 unspecified atom stereocenters. The van der Waals surface area contributed by atoms with E-state index >= 15 is 0 Å². The van der Waals surface area contributed by atoms with Gasteiger partial charge in [0.1, 0.15) is 0 Å². The Bertz CT molecular complexity index is 2580. The molecule has 8 bridgehead atoms. The quantitative estimate of drug-likeness (QED) is 0.155. The second-order valence-corrected chi connectivity index (χ2v) is 16.5. The zero-order chi connectivity index (χ0) is 49.9. The van der Waals surface area contributed by atoms with Gasteiger partial charge in [0.2, 0.25) is 0 Å². The molecule has 0 aliphatic carbocycles. The van der Waals surface area contributed by atoms with Crippen LogP contribution in [0.3, 0.4) is 0 Å². The van der Waals surface area contributed by atoms with E-state index in [1.54, 1.807) is 0 Å². The van der Waals surface area contributed by atoms with Gasteiger partial charge >= 0.3 is 23.9 Å². The van der Waals surface area contributed by atoms with Gasteiger partial charge in [-0.1, -0.05) is 121 Å². The third-order valence-corrected chi connectivity index (χ3v) is 9.00. The standard InChI is InChI=1S/C44H30N4.4ClHO4.Sn/c1-5-13-29(14-6-1)41-33-21-23-35(45-33)42(30-15-7-2-8-16-30)37-25-27-39(47-37)44(32-19-11-4-12-20-32)40-28-26-38(48-40)43(31-17-9-3-10-18-31)36-24-22-34(41)46-36;4*2-1(3,4)5;/h1-28,45,48H;4*(H,2,3,4,5);/q;;;;;+4/p-4. The maximum Gasteiger partial charge on any atom is 4.00 e. The Kier molecular flexibility index (Phi) is 20.1. The Hall–Kier alpha value is -5.20. The summed E-state index contributed by atoms with van der Waals surface area (Å²) in [7, 11) is -19.8. The number of nitrogens with zero attached hydrogens (tertiary/aromatic N) is 2. The first kappa shape index (κ1) is 56.4. The van der Waals surface area contributed by atoms with Gasteiger partial charge in [-0.05, 0) is 70.8 Å². The summed E-state index contributed by atoms with van der Waals surface area (Å²) in [5.74, 6) is 0. The molecule has 0 saturated carbocycles. The number of benzene rings is 4. The zero-order valence-corrected chi connectivity index (χ0v) is 40.5. The number of rotatable bonds is 4. The van der Waals surface area contributed by atoms with Crippen LogP contribution in [0.4, 0.5) is 0 Å². The van der Waals surface area contributed by atoms with Crippen molar-refractivity contribution >= 4 is 70.3 Å². The molecule has 0 fully saturated rings. The second kappa shape index (κ2) is 24.6. The average Bonchev–Trinajstić information content (AvgIpc) is 4.08. The fourth-order valence-electron chi connectivity index (χ4n) is 6.84. The van der Waals surface area contributed by atoms with Crippen molar-refractivity contribution in [1.29, 1.82) is 0 Å². The minimum Gasteiger partial charge on any atom is -0.354 e. The first-order valence-electron chi connectivity index (χ1n) is 18.6. The third-order valence-electron chi connectivity index (χ3n) is 9.00. The van der Waals surface area contributed by atoms with E-state index < -0.39 is 41.0 Å². The SMILES string of the molecule is C1=Cc2nc1c(-c1ccccc1)c1ccc([nH]1)c(-c1ccccc1)c1nc(c(-c3ccccc3)c3ccc([nH]3)c2-c2ccccc2)C=C1.[O-][Cl+3]([O-])([O-])[O-].[O-][Cl+3]([O-])([O-])[O-].[O-][Cl+3]([O-])([O-])[O-].[O-][Cl+3]([O-])([O-])[O-].[Sn+4]. The summed E-state index contributed by atoms with van der Waals surface area (Å²) in [5.41, 5.74) is 16.2. The van der Waals surface area contributed by atoms with Gasteiger partial charge < -0.3 is 9.97 Å². The van der Waals surface area contributed by atoms with Crippen LogP contribution in [0.15, 0.2) is 146 Å². The number of hydrogen-bond donors (Lipinski definition) is 2. The van der Waals surface area contributed by atoms with Crippen molar-refractivity contribution < 1.29 is 116 Å². The number of H-pyrrole nitrogens is 2. The van der Waals surface area contributed by atoms with Crippen LogP contribution >= 0.6 is 0 Å². The van der Waals surface area contributed by atoms with E-state index in [4.69, 9.17) is 84.5 Å². The molecule has 9 rings (SSSR count). The first-order chi connectivity index (χ1) is 31.8. The van der Waals surface area contributed by atoms with Crippen molar-refractivity contribution in [3.8, 4) is 44.5 Å². The van der Waals surface area contributed by atoms with Crippen molar-refractivity contribution in [2.45, 2.75) is 0 Å². The van der Waals surface area contributed by atoms with Crippen molar-refractivity contribution in [3.63, 3.8) is 0 Å². The molecule has 7 aromatic rings. The molecule has 0 saturated heterocycles. The van der Waals surface area contributed by atoms with Crippen LogP contribution in [0.5, 0.6) is 0 Å². The number of aromatic nitrogens is 4. The molecule has 0 amide bonds. The molecular weight excluding hydrogens is 1100 g/mol. The molecule has 3 aromatic heterocycles. The predicted molar refractivity (Wildman–Crippen MR) is 206 cm³/mol. The Labute approximate surface area is 416 Å². The summed E-state index contributed by atoms with van der Waals surface area (Å²) in [6, 6.07) is 50.7. The van der Waals surface area contributed by atoms with E-state index in [1.807, 2.05) is 24.3 Å². The second-order valence-electron chi connectivity index (χ2n) is 13.5. The van der Waals surface area contributed by atoms with Gasteiger partial charge in [0, 0.05) is 44.3 Å². The van der Waals surface area contributed by atoms with Crippen LogP contribution in [0.25, 0.3) is 90.9 Å². The van der Waals surface area contributed by atoms with Gasteiger partial charge in [-0.15, -0.1) is 41.0 Å². The topological polar surface area (TPSA) is 426 Å². The van der Waals surface area contributed by atoms with E-state index in [1.165, 1.54) is 0 Å². The Morgan fingerprint density at radius 1 is 0.261 bits per heavy atom. The fraction of sp³-hybridized carbons (Fsp3) is 0. The van der Waals surface area contributed by atoms with Crippen molar-refractivity contribution in [3.05, 3.63) is 168 Å². The minimum atomic E-state index is -4.94. The number of fused-ring (bicyclic) bond motifs is 8. The molecule has 0 radical (unpaired) electrons. The summed E-state index contributed by atoms with van der Waals surface area (Å²) in [5, 5.41) is 0. The van der Waals surface area contributed by atoms with Crippen LogP contribution in [0.1, 0.15) is 22.8 Å². The summed E-state index contributed by atoms with van der Waals surface area (Å²) in [6.07, 6.45) is 8.54. The van der Waals surface area contributed by atoms with Crippen LogP contribution in [0.2, 0.25) is 0 Å². The summed E-state index contributed by atoms with van der Waals surface area (Å²) < 4.78 is 136. The molecule has 4 aromatic carbocycles. The summed E-state index contributed by atoms with van der Waals surface area (Å²) >= 11 is 0. The van der Waals surface area contributed by atoms with Gasteiger partial charge in [-0.25, -0.2) is 84.5 Å². The molecule has 5 heterocycles. The fourth-order valence-corrected chi connectivity index (χ4v) is 6.84.